The largest absolute Gasteiger partial charge is 0.368 e. The zero-order valence-corrected chi connectivity index (χ0v) is 17.2. The summed E-state index contributed by atoms with van der Waals surface area (Å²) in [6.07, 6.45) is 1.46. The fourth-order valence-corrected chi connectivity index (χ4v) is 6.40. The zero-order chi connectivity index (χ0) is 21.5. The smallest absolute Gasteiger partial charge is 0.315 e. The number of aryl methyl sites for hydroxylation is 1. The van der Waals surface area contributed by atoms with Gasteiger partial charge in [0, 0.05) is 19.0 Å². The summed E-state index contributed by atoms with van der Waals surface area (Å²) in [6, 6.07) is 13.0. The van der Waals surface area contributed by atoms with Crippen LogP contribution in [0, 0.1) is 0 Å². The molecule has 8 nitrogen and oxygen atoms in total. The minimum atomic E-state index is -3.99. The number of fused-ring (bicyclic) bond motifs is 1. The maximum absolute atomic E-state index is 13.4. The quantitative estimate of drug-likeness (QED) is 0.754. The van der Waals surface area contributed by atoms with Crippen LogP contribution in [-0.4, -0.2) is 54.7 Å². The molecule has 1 aliphatic heterocycles. The molecular weight excluding hydrogens is 404 g/mol. The van der Waals surface area contributed by atoms with Crippen molar-refractivity contribution in [2.24, 2.45) is 11.5 Å². The maximum atomic E-state index is 13.4. The summed E-state index contributed by atoms with van der Waals surface area (Å²) < 4.78 is 27.9. The molecule has 0 bridgehead atoms. The van der Waals surface area contributed by atoms with Crippen molar-refractivity contribution in [3.63, 3.8) is 0 Å². The Kier molecular flexibility index (Phi) is 5.25. The fraction of sp³-hybridized carbons (Fsp3) is 0.333. The number of nitrogens with two attached hydrogens (primary N) is 2. The molecule has 1 fully saturated rings. The van der Waals surface area contributed by atoms with E-state index in [4.69, 9.17) is 11.5 Å². The summed E-state index contributed by atoms with van der Waals surface area (Å²) in [6.45, 7) is 0.0349. The number of benzene rings is 2. The van der Waals surface area contributed by atoms with Gasteiger partial charge in [-0.2, -0.15) is 4.31 Å². The lowest BCUT2D eigenvalue weighted by Gasteiger charge is -2.47. The summed E-state index contributed by atoms with van der Waals surface area (Å²) >= 11 is 0. The average molecular weight is 429 g/mol. The summed E-state index contributed by atoms with van der Waals surface area (Å²) in [7, 11) is -3.99. The van der Waals surface area contributed by atoms with Crippen LogP contribution >= 0.6 is 0 Å². The fourth-order valence-electron chi connectivity index (χ4n) is 4.78. The molecule has 2 aromatic carbocycles. The maximum Gasteiger partial charge on any atom is 0.315 e. The van der Waals surface area contributed by atoms with E-state index in [1.54, 1.807) is 18.2 Å². The molecule has 0 aromatic heterocycles. The van der Waals surface area contributed by atoms with Gasteiger partial charge in [-0.25, -0.2) is 13.2 Å². The molecular formula is C21H24N4O4S. The Bertz CT molecular complexity index is 1070. The van der Waals surface area contributed by atoms with E-state index in [-0.39, 0.29) is 23.9 Å². The third-order valence-electron chi connectivity index (χ3n) is 6.07. The third-order valence-corrected chi connectivity index (χ3v) is 7.97. The van der Waals surface area contributed by atoms with E-state index in [9.17, 15) is 18.0 Å². The molecule has 4 rings (SSSR count). The monoisotopic (exact) mass is 428 g/mol. The number of sulfonamides is 1. The van der Waals surface area contributed by atoms with Gasteiger partial charge in [-0.15, -0.1) is 0 Å². The number of primary amides is 2. The van der Waals surface area contributed by atoms with E-state index in [2.05, 4.69) is 0 Å². The summed E-state index contributed by atoms with van der Waals surface area (Å²) in [5.74, 6) is -1.03. The van der Waals surface area contributed by atoms with Crippen LogP contribution in [0.1, 0.15) is 23.5 Å². The summed E-state index contributed by atoms with van der Waals surface area (Å²) in [4.78, 5) is 26.4. The van der Waals surface area contributed by atoms with Gasteiger partial charge in [0.15, 0.2) is 0 Å². The van der Waals surface area contributed by atoms with Crippen LogP contribution in [0.2, 0.25) is 0 Å². The van der Waals surface area contributed by atoms with Crippen molar-refractivity contribution in [2.75, 3.05) is 13.1 Å². The number of nitrogens with zero attached hydrogens (tertiary/aromatic N) is 2. The first-order valence-electron chi connectivity index (χ1n) is 9.82. The minimum Gasteiger partial charge on any atom is -0.368 e. The highest BCUT2D eigenvalue weighted by molar-refractivity contribution is 7.89. The van der Waals surface area contributed by atoms with E-state index in [1.807, 2.05) is 24.3 Å². The second-order valence-corrected chi connectivity index (χ2v) is 9.53. The summed E-state index contributed by atoms with van der Waals surface area (Å²) in [5.41, 5.74) is 13.5. The van der Waals surface area contributed by atoms with Gasteiger partial charge in [0.1, 0.15) is 6.04 Å². The van der Waals surface area contributed by atoms with Crippen molar-refractivity contribution < 1.29 is 18.0 Å². The van der Waals surface area contributed by atoms with Crippen molar-refractivity contribution in [3.05, 3.63) is 65.7 Å². The first-order valence-corrected chi connectivity index (χ1v) is 11.3. The lowest BCUT2D eigenvalue weighted by molar-refractivity contribution is -0.125. The van der Waals surface area contributed by atoms with Gasteiger partial charge >= 0.3 is 6.03 Å². The molecule has 0 saturated carbocycles. The number of hydrogen-bond acceptors (Lipinski definition) is 4. The number of piperazine rings is 1. The van der Waals surface area contributed by atoms with Gasteiger partial charge in [-0.05, 0) is 36.1 Å². The van der Waals surface area contributed by atoms with E-state index in [0.29, 0.717) is 6.42 Å². The molecule has 1 aliphatic carbocycles. The Morgan fingerprint density at radius 3 is 2.27 bits per heavy atom. The zero-order valence-electron chi connectivity index (χ0n) is 16.3. The van der Waals surface area contributed by atoms with Gasteiger partial charge in [0.05, 0.1) is 10.9 Å². The normalized spacial score (nSPS) is 24.4. The lowest BCUT2D eigenvalue weighted by atomic mass is 9.85. The Labute approximate surface area is 175 Å². The number of rotatable bonds is 4. The molecule has 1 heterocycles. The number of carbonyl (C=O) groups excluding carboxylic acids is 2. The van der Waals surface area contributed by atoms with Crippen LogP contribution in [0.15, 0.2) is 59.5 Å². The molecule has 0 radical (unpaired) electrons. The average Bonchev–Trinajstić information content (AvgIpc) is 3.17. The highest BCUT2D eigenvalue weighted by Gasteiger charge is 2.51. The van der Waals surface area contributed by atoms with Gasteiger partial charge in [-0.3, -0.25) is 4.79 Å². The number of hydrogen-bond donors (Lipinski definition) is 2. The minimum absolute atomic E-state index is 0.0569. The topological polar surface area (TPSA) is 127 Å². The van der Waals surface area contributed by atoms with E-state index in [0.717, 1.165) is 21.9 Å². The molecule has 3 atom stereocenters. The Balaban J connectivity index is 1.81. The van der Waals surface area contributed by atoms with Crippen LogP contribution in [-0.2, 0) is 21.2 Å². The molecule has 9 heteroatoms. The molecule has 2 aliphatic rings. The van der Waals surface area contributed by atoms with E-state index >= 15 is 0 Å². The lowest BCUT2D eigenvalue weighted by Crippen LogP contribution is -2.68. The Hall–Kier alpha value is -2.91. The van der Waals surface area contributed by atoms with Gasteiger partial charge in [-0.1, -0.05) is 42.5 Å². The van der Waals surface area contributed by atoms with Crippen molar-refractivity contribution in [1.82, 2.24) is 9.21 Å². The number of urea groups is 1. The molecule has 3 amide bonds. The van der Waals surface area contributed by atoms with Gasteiger partial charge in [0.25, 0.3) is 0 Å². The summed E-state index contributed by atoms with van der Waals surface area (Å²) in [5, 5.41) is 0. The molecule has 2 aromatic rings. The molecule has 0 spiro atoms. The second-order valence-electron chi connectivity index (χ2n) is 7.64. The van der Waals surface area contributed by atoms with Gasteiger partial charge < -0.3 is 16.4 Å². The number of amides is 3. The second kappa shape index (κ2) is 7.73. The van der Waals surface area contributed by atoms with E-state index in [1.165, 1.54) is 17.0 Å². The third kappa shape index (κ3) is 3.33. The number of carbonyl (C=O) groups is 2. The molecule has 30 heavy (non-hydrogen) atoms. The predicted molar refractivity (Wildman–Crippen MR) is 111 cm³/mol. The SMILES string of the molecule is NC(=O)C1C(C2CCc3ccccc32)N(C(N)=O)CCN1S(=O)(=O)c1ccccc1. The Morgan fingerprint density at radius 2 is 1.60 bits per heavy atom. The van der Waals surface area contributed by atoms with Crippen LogP contribution in [0.5, 0.6) is 0 Å². The van der Waals surface area contributed by atoms with Crippen LogP contribution in [0.3, 0.4) is 0 Å². The van der Waals surface area contributed by atoms with E-state index < -0.39 is 34.0 Å². The van der Waals surface area contributed by atoms with Crippen LogP contribution in [0.4, 0.5) is 4.79 Å². The van der Waals surface area contributed by atoms with Crippen LogP contribution in [0.25, 0.3) is 0 Å². The molecule has 158 valence electrons. The highest BCUT2D eigenvalue weighted by atomic mass is 32.2. The van der Waals surface area contributed by atoms with Crippen molar-refractivity contribution in [2.45, 2.75) is 35.7 Å². The van der Waals surface area contributed by atoms with Crippen molar-refractivity contribution in [3.8, 4) is 0 Å². The standard InChI is InChI=1S/C21H24N4O4S/c22-20(26)19-18(17-11-10-14-6-4-5-9-16(14)17)24(21(23)27)12-13-25(19)30(28,29)15-7-2-1-3-8-15/h1-9,17-19H,10-13H2,(H2,22,26)(H2,23,27). The highest BCUT2D eigenvalue weighted by Crippen LogP contribution is 2.41. The first kappa shape index (κ1) is 20.4. The molecule has 1 saturated heterocycles. The Morgan fingerprint density at radius 1 is 0.933 bits per heavy atom. The van der Waals surface area contributed by atoms with Crippen LogP contribution < -0.4 is 11.5 Å². The first-order chi connectivity index (χ1) is 14.3. The van der Waals surface area contributed by atoms with Crippen molar-refractivity contribution >= 4 is 22.0 Å². The van der Waals surface area contributed by atoms with Crippen molar-refractivity contribution in [1.29, 1.82) is 0 Å². The predicted octanol–water partition coefficient (Wildman–Crippen LogP) is 1.02. The molecule has 4 N–H and O–H groups in total. The van der Waals surface area contributed by atoms with Gasteiger partial charge in [0.2, 0.25) is 15.9 Å². The molecule has 3 unspecified atom stereocenters.